The average molecular weight is 435 g/mol. The molecule has 1 aromatic heterocycles. The second-order valence-corrected chi connectivity index (χ2v) is 6.33. The van der Waals surface area contributed by atoms with Crippen molar-refractivity contribution in [3.8, 4) is 17.6 Å². The van der Waals surface area contributed by atoms with Crippen LogP contribution >= 0.6 is 23.9 Å². The number of rotatable bonds is 9. The Balaban J connectivity index is 1.91. The van der Waals surface area contributed by atoms with E-state index in [0.29, 0.717) is 35.2 Å². The standard InChI is InChI=1S/C17H15ClN6O4S/c1-25-16-7-13(6-15(18)17(16)26-29-28-27-20)9-24(23-10-21-22-11-23)14-4-2-12(8-19)3-5-14/h2-7,10-11H,9,20H2,1H3. The molecule has 10 nitrogen and oxygen atoms in total. The van der Waals surface area contributed by atoms with Crippen molar-refractivity contribution < 1.29 is 18.2 Å². The SMILES string of the molecule is COc1cc(CN(c2ccc(C#N)cc2)n2cnnc2)cc(Cl)c1OSOON. The maximum atomic E-state index is 9.02. The van der Waals surface area contributed by atoms with Crippen molar-refractivity contribution in [2.75, 3.05) is 12.1 Å². The highest BCUT2D eigenvalue weighted by atomic mass is 35.5. The Labute approximate surface area is 175 Å². The fourth-order valence-electron chi connectivity index (χ4n) is 2.52. The first-order valence-corrected chi connectivity index (χ1v) is 9.06. The van der Waals surface area contributed by atoms with Crippen molar-refractivity contribution in [3.05, 3.63) is 65.2 Å². The molecule has 150 valence electrons. The Kier molecular flexibility index (Phi) is 7.12. The van der Waals surface area contributed by atoms with Gasteiger partial charge in [0.2, 0.25) is 5.75 Å². The van der Waals surface area contributed by atoms with E-state index in [1.54, 1.807) is 41.6 Å². The fourth-order valence-corrected chi connectivity index (χ4v) is 3.13. The minimum absolute atomic E-state index is 0.259. The molecule has 2 aromatic carbocycles. The zero-order valence-corrected chi connectivity index (χ0v) is 16.6. The summed E-state index contributed by atoms with van der Waals surface area (Å²) in [6.07, 6.45) is 3.13. The number of nitrogens with zero attached hydrogens (tertiary/aromatic N) is 5. The van der Waals surface area contributed by atoms with Gasteiger partial charge < -0.3 is 8.92 Å². The van der Waals surface area contributed by atoms with Gasteiger partial charge in [0, 0.05) is 0 Å². The molecule has 1 heterocycles. The monoisotopic (exact) mass is 434 g/mol. The first kappa shape index (κ1) is 20.7. The highest BCUT2D eigenvalue weighted by Gasteiger charge is 2.17. The normalized spacial score (nSPS) is 10.4. The maximum absolute atomic E-state index is 9.02. The van der Waals surface area contributed by atoms with E-state index in [1.807, 2.05) is 17.1 Å². The molecule has 0 saturated heterocycles. The molecular weight excluding hydrogens is 420 g/mol. The van der Waals surface area contributed by atoms with Gasteiger partial charge in [-0.2, -0.15) is 11.2 Å². The number of hydrogen-bond donors (Lipinski definition) is 1. The molecule has 3 rings (SSSR count). The van der Waals surface area contributed by atoms with Gasteiger partial charge in [-0.1, -0.05) is 11.6 Å². The lowest BCUT2D eigenvalue weighted by Crippen LogP contribution is -2.27. The summed E-state index contributed by atoms with van der Waals surface area (Å²) in [5.74, 6) is 5.43. The smallest absolute Gasteiger partial charge is 0.260 e. The van der Waals surface area contributed by atoms with Crippen LogP contribution in [0.3, 0.4) is 0 Å². The van der Waals surface area contributed by atoms with Crippen molar-refractivity contribution in [1.82, 2.24) is 14.9 Å². The Morgan fingerprint density at radius 3 is 2.59 bits per heavy atom. The van der Waals surface area contributed by atoms with E-state index in [-0.39, 0.29) is 5.75 Å². The Hall–Kier alpha value is -3.01. The average Bonchev–Trinajstić information content (AvgIpc) is 3.28. The van der Waals surface area contributed by atoms with Crippen LogP contribution < -0.4 is 19.8 Å². The van der Waals surface area contributed by atoms with Crippen LogP contribution in [0.5, 0.6) is 11.5 Å². The molecule has 3 aromatic rings. The van der Waals surface area contributed by atoms with Crippen LogP contribution in [0.15, 0.2) is 49.1 Å². The maximum Gasteiger partial charge on any atom is 0.260 e. The summed E-state index contributed by atoms with van der Waals surface area (Å²) in [6, 6.07) is 12.7. The summed E-state index contributed by atoms with van der Waals surface area (Å²) in [7, 11) is 1.49. The quantitative estimate of drug-likeness (QED) is 0.233. The number of halogens is 1. The van der Waals surface area contributed by atoms with Crippen LogP contribution in [0.25, 0.3) is 0 Å². The van der Waals surface area contributed by atoms with Gasteiger partial charge in [-0.05, 0) is 42.0 Å². The number of ether oxygens (including phenoxy) is 1. The third-order valence-electron chi connectivity index (χ3n) is 3.79. The van der Waals surface area contributed by atoms with Crippen molar-refractivity contribution in [3.63, 3.8) is 0 Å². The number of hydrogen-bond acceptors (Lipinski definition) is 10. The fraction of sp³-hybridized carbons (Fsp3) is 0.118. The first-order valence-electron chi connectivity index (χ1n) is 8.02. The molecular formula is C17H15ClN6O4S. The van der Waals surface area contributed by atoms with E-state index in [0.717, 1.165) is 11.3 Å². The molecule has 0 aliphatic carbocycles. The zero-order valence-electron chi connectivity index (χ0n) is 15.1. The van der Waals surface area contributed by atoms with Gasteiger partial charge in [-0.3, -0.25) is 5.01 Å². The molecule has 0 atom stereocenters. The highest BCUT2D eigenvalue weighted by molar-refractivity contribution is 7.90. The summed E-state index contributed by atoms with van der Waals surface area (Å²) in [5, 5.41) is 18.9. The first-order chi connectivity index (χ1) is 14.2. The highest BCUT2D eigenvalue weighted by Crippen LogP contribution is 2.39. The predicted molar refractivity (Wildman–Crippen MR) is 105 cm³/mol. The molecule has 0 saturated carbocycles. The Bertz CT molecular complexity index is 981. The molecule has 0 spiro atoms. The molecule has 12 heteroatoms. The summed E-state index contributed by atoms with van der Waals surface area (Å²) < 4.78 is 16.8. The summed E-state index contributed by atoms with van der Waals surface area (Å²) in [4.78, 5) is 3.97. The van der Waals surface area contributed by atoms with Crippen LogP contribution in [0.2, 0.25) is 5.02 Å². The minimum Gasteiger partial charge on any atom is -0.493 e. The van der Waals surface area contributed by atoms with E-state index >= 15 is 0 Å². The molecule has 0 unspecified atom stereocenters. The van der Waals surface area contributed by atoms with Crippen LogP contribution in [0.4, 0.5) is 5.69 Å². The van der Waals surface area contributed by atoms with Crippen molar-refractivity contribution >= 4 is 29.6 Å². The molecule has 0 amide bonds. The molecule has 0 aliphatic heterocycles. The van der Waals surface area contributed by atoms with Gasteiger partial charge in [0.1, 0.15) is 12.7 Å². The Morgan fingerprint density at radius 1 is 1.24 bits per heavy atom. The molecule has 2 N–H and O–H groups in total. The number of benzene rings is 2. The summed E-state index contributed by atoms with van der Waals surface area (Å²) in [5.41, 5.74) is 2.20. The third kappa shape index (κ3) is 5.08. The Morgan fingerprint density at radius 2 is 1.97 bits per heavy atom. The number of methoxy groups -OCH3 is 1. The lowest BCUT2D eigenvalue weighted by Gasteiger charge is -2.25. The van der Waals surface area contributed by atoms with Gasteiger partial charge in [-0.25, -0.2) is 4.68 Å². The topological polar surface area (TPSA) is 121 Å². The number of nitriles is 1. The lowest BCUT2D eigenvalue weighted by molar-refractivity contribution is -0.199. The summed E-state index contributed by atoms with van der Waals surface area (Å²) >= 11 is 6.85. The van der Waals surface area contributed by atoms with E-state index in [4.69, 9.17) is 31.7 Å². The molecule has 29 heavy (non-hydrogen) atoms. The van der Waals surface area contributed by atoms with Crippen molar-refractivity contribution in [1.29, 1.82) is 5.26 Å². The van der Waals surface area contributed by atoms with Gasteiger partial charge in [0.05, 0.1) is 36.0 Å². The van der Waals surface area contributed by atoms with Crippen molar-refractivity contribution in [2.24, 2.45) is 5.90 Å². The van der Waals surface area contributed by atoms with E-state index in [1.165, 1.54) is 7.11 Å². The van der Waals surface area contributed by atoms with Crippen LogP contribution in [-0.2, 0) is 15.9 Å². The van der Waals surface area contributed by atoms with Gasteiger partial charge in [0.25, 0.3) is 12.3 Å². The second kappa shape index (κ2) is 9.97. The van der Waals surface area contributed by atoms with E-state index in [9.17, 15) is 0 Å². The van der Waals surface area contributed by atoms with Crippen LogP contribution in [-0.4, -0.2) is 22.0 Å². The molecule has 0 aliphatic rings. The van der Waals surface area contributed by atoms with Gasteiger partial charge in [0.15, 0.2) is 5.75 Å². The van der Waals surface area contributed by atoms with Gasteiger partial charge in [-0.15, -0.1) is 19.5 Å². The van der Waals surface area contributed by atoms with Gasteiger partial charge >= 0.3 is 0 Å². The number of aromatic nitrogens is 3. The molecule has 0 radical (unpaired) electrons. The summed E-state index contributed by atoms with van der Waals surface area (Å²) in [6.45, 7) is 0.399. The van der Waals surface area contributed by atoms with E-state index < -0.39 is 0 Å². The third-order valence-corrected chi connectivity index (χ3v) is 4.44. The molecule has 0 bridgehead atoms. The second-order valence-electron chi connectivity index (χ2n) is 5.48. The number of anilines is 1. The zero-order chi connectivity index (χ0) is 20.6. The van der Waals surface area contributed by atoms with Crippen molar-refractivity contribution in [2.45, 2.75) is 6.54 Å². The minimum atomic E-state index is 0.259. The lowest BCUT2D eigenvalue weighted by atomic mass is 10.1. The largest absolute Gasteiger partial charge is 0.493 e. The van der Waals surface area contributed by atoms with Crippen LogP contribution in [0, 0.1) is 11.3 Å². The predicted octanol–water partition coefficient (Wildman–Crippen LogP) is 3.05. The molecule has 0 fully saturated rings. The van der Waals surface area contributed by atoms with Crippen LogP contribution in [0.1, 0.15) is 11.1 Å². The van der Waals surface area contributed by atoms with E-state index in [2.05, 4.69) is 25.6 Å². The number of nitrogens with two attached hydrogens (primary N) is 1.